The number of anilines is 1. The average Bonchev–Trinajstić information content (AvgIpc) is 3.01. The van der Waals surface area contributed by atoms with Gasteiger partial charge in [0.2, 0.25) is 0 Å². The molecule has 3 N–H and O–H groups in total. The summed E-state index contributed by atoms with van der Waals surface area (Å²) in [4.78, 5) is 16.3. The number of nitrogens with one attached hydrogen (secondary N) is 2. The van der Waals surface area contributed by atoms with Crippen molar-refractivity contribution < 1.29 is 14.7 Å². The van der Waals surface area contributed by atoms with Crippen LogP contribution in [0.1, 0.15) is 32.0 Å². The van der Waals surface area contributed by atoms with E-state index < -0.39 is 5.91 Å². The Hall–Kier alpha value is -3.06. The number of hydrogen-bond acceptors (Lipinski definition) is 5. The van der Waals surface area contributed by atoms with Gasteiger partial charge in [-0.2, -0.15) is 0 Å². The molecule has 0 atom stereocenters. The Morgan fingerprint density at radius 1 is 1.18 bits per heavy atom. The number of imidazole rings is 1. The lowest BCUT2D eigenvalue weighted by molar-refractivity contribution is -0.127. The van der Waals surface area contributed by atoms with E-state index in [2.05, 4.69) is 26.1 Å². The fraction of sp³-hybridized carbons (Fsp3) is 0.333. The third-order valence-corrected chi connectivity index (χ3v) is 4.16. The van der Waals surface area contributed by atoms with Gasteiger partial charge in [-0.05, 0) is 29.5 Å². The molecule has 28 heavy (non-hydrogen) atoms. The molecular weight excluding hydrogens is 356 g/mol. The summed E-state index contributed by atoms with van der Waals surface area (Å²) in [6.07, 6.45) is 2.60. The van der Waals surface area contributed by atoms with Gasteiger partial charge in [0.15, 0.2) is 11.4 Å². The number of pyridine rings is 1. The van der Waals surface area contributed by atoms with Crippen LogP contribution in [0, 0.1) is 5.41 Å². The summed E-state index contributed by atoms with van der Waals surface area (Å²) in [5, 5.41) is 11.9. The normalized spacial score (nSPS) is 11.4. The van der Waals surface area contributed by atoms with E-state index in [0.29, 0.717) is 18.0 Å². The van der Waals surface area contributed by atoms with Gasteiger partial charge < -0.3 is 10.1 Å². The summed E-state index contributed by atoms with van der Waals surface area (Å²) in [6.45, 7) is 6.78. The first kappa shape index (κ1) is 19.7. The van der Waals surface area contributed by atoms with Gasteiger partial charge in [0.05, 0.1) is 12.2 Å². The van der Waals surface area contributed by atoms with Crippen molar-refractivity contribution in [2.45, 2.75) is 33.8 Å². The smallest absolute Gasteiger partial charge is 0.262 e. The fourth-order valence-corrected chi connectivity index (χ4v) is 2.95. The highest BCUT2D eigenvalue weighted by atomic mass is 16.5. The molecule has 0 spiro atoms. The topological polar surface area (TPSA) is 87.9 Å². The quantitative estimate of drug-likeness (QED) is 0.430. The third kappa shape index (κ3) is 4.80. The molecule has 0 aliphatic carbocycles. The van der Waals surface area contributed by atoms with Gasteiger partial charge in [0.1, 0.15) is 12.4 Å². The van der Waals surface area contributed by atoms with Crippen LogP contribution in [-0.4, -0.2) is 27.0 Å². The van der Waals surface area contributed by atoms with Crippen LogP contribution in [-0.2, 0) is 17.8 Å². The van der Waals surface area contributed by atoms with Crippen LogP contribution >= 0.6 is 0 Å². The molecule has 1 aromatic carbocycles. The highest BCUT2D eigenvalue weighted by molar-refractivity contribution is 5.79. The van der Waals surface area contributed by atoms with Crippen LogP contribution in [0.5, 0.6) is 5.75 Å². The van der Waals surface area contributed by atoms with Gasteiger partial charge >= 0.3 is 0 Å². The third-order valence-electron chi connectivity index (χ3n) is 4.16. The van der Waals surface area contributed by atoms with E-state index in [1.54, 1.807) is 5.48 Å². The predicted molar refractivity (Wildman–Crippen MR) is 108 cm³/mol. The fourth-order valence-electron chi connectivity index (χ4n) is 2.95. The summed E-state index contributed by atoms with van der Waals surface area (Å²) in [6, 6.07) is 13.7. The summed E-state index contributed by atoms with van der Waals surface area (Å²) in [7, 11) is 0. The molecule has 0 aliphatic heterocycles. The molecule has 1 amide bonds. The lowest BCUT2D eigenvalue weighted by Gasteiger charge is -2.17. The first-order valence-corrected chi connectivity index (χ1v) is 9.21. The SMILES string of the molecule is CC(C)(C)Cc1nc2c(OCc3ccccc3)cccn2c1NCC(=O)NO. The Morgan fingerprint density at radius 3 is 2.61 bits per heavy atom. The number of rotatable bonds is 7. The zero-order chi connectivity index (χ0) is 20.1. The molecule has 0 radical (unpaired) electrons. The van der Waals surface area contributed by atoms with Crippen molar-refractivity contribution in [3.05, 3.63) is 59.9 Å². The molecule has 0 aliphatic rings. The number of amides is 1. The largest absolute Gasteiger partial charge is 0.485 e. The van der Waals surface area contributed by atoms with Gasteiger partial charge in [-0.1, -0.05) is 51.1 Å². The monoisotopic (exact) mass is 382 g/mol. The highest BCUT2D eigenvalue weighted by Crippen LogP contribution is 2.30. The second kappa shape index (κ2) is 8.31. The molecule has 3 rings (SSSR count). The Kier molecular flexibility index (Phi) is 5.84. The van der Waals surface area contributed by atoms with Gasteiger partial charge in [-0.3, -0.25) is 14.4 Å². The van der Waals surface area contributed by atoms with Gasteiger partial charge in [0.25, 0.3) is 5.91 Å². The molecule has 0 saturated heterocycles. The molecule has 2 heterocycles. The molecule has 2 aromatic heterocycles. The molecular formula is C21H26N4O3. The zero-order valence-electron chi connectivity index (χ0n) is 16.4. The van der Waals surface area contributed by atoms with E-state index in [4.69, 9.17) is 14.9 Å². The van der Waals surface area contributed by atoms with Crippen molar-refractivity contribution in [2.24, 2.45) is 5.41 Å². The molecule has 0 bridgehead atoms. The number of aromatic nitrogens is 2. The van der Waals surface area contributed by atoms with Crippen LogP contribution in [0.4, 0.5) is 5.82 Å². The maximum Gasteiger partial charge on any atom is 0.262 e. The van der Waals surface area contributed by atoms with Crippen molar-refractivity contribution in [1.82, 2.24) is 14.9 Å². The van der Waals surface area contributed by atoms with Crippen LogP contribution in [0.25, 0.3) is 5.65 Å². The maximum absolute atomic E-state index is 11.5. The maximum atomic E-state index is 11.5. The molecule has 0 fully saturated rings. The lowest BCUT2D eigenvalue weighted by atomic mass is 9.90. The predicted octanol–water partition coefficient (Wildman–Crippen LogP) is 3.42. The number of fused-ring (bicyclic) bond motifs is 1. The standard InChI is InChI=1S/C21H26N4O3/c1-21(2,3)12-16-19(22-13-18(26)24-27)25-11-7-10-17(20(25)23-16)28-14-15-8-5-4-6-9-15/h4-11,22,27H,12-14H2,1-3H3,(H,24,26). The highest BCUT2D eigenvalue weighted by Gasteiger charge is 2.21. The van der Waals surface area contributed by atoms with Crippen molar-refractivity contribution in [3.8, 4) is 5.75 Å². The summed E-state index contributed by atoms with van der Waals surface area (Å²) < 4.78 is 7.90. The second-order valence-electron chi connectivity index (χ2n) is 7.87. The van der Waals surface area contributed by atoms with Crippen molar-refractivity contribution in [2.75, 3.05) is 11.9 Å². The Balaban J connectivity index is 1.94. The second-order valence-corrected chi connectivity index (χ2v) is 7.87. The van der Waals surface area contributed by atoms with E-state index in [0.717, 1.165) is 23.5 Å². The summed E-state index contributed by atoms with van der Waals surface area (Å²) in [5.41, 5.74) is 4.25. The molecule has 3 aromatic rings. The van der Waals surface area contributed by atoms with E-state index in [1.165, 1.54) is 0 Å². The van der Waals surface area contributed by atoms with Crippen LogP contribution < -0.4 is 15.5 Å². The summed E-state index contributed by atoms with van der Waals surface area (Å²) >= 11 is 0. The van der Waals surface area contributed by atoms with Crippen LogP contribution in [0.2, 0.25) is 0 Å². The van der Waals surface area contributed by atoms with E-state index in [1.807, 2.05) is 53.1 Å². The number of hydrogen-bond donors (Lipinski definition) is 3. The number of nitrogens with zero attached hydrogens (tertiary/aromatic N) is 2. The number of benzene rings is 1. The number of carbonyl (C=O) groups is 1. The number of hydroxylamine groups is 1. The zero-order valence-corrected chi connectivity index (χ0v) is 16.4. The van der Waals surface area contributed by atoms with Crippen LogP contribution in [0.15, 0.2) is 48.7 Å². The number of carbonyl (C=O) groups excluding carboxylic acids is 1. The molecule has 0 saturated carbocycles. The van der Waals surface area contributed by atoms with Crippen molar-refractivity contribution >= 4 is 17.4 Å². The molecule has 0 unspecified atom stereocenters. The Morgan fingerprint density at radius 2 is 1.93 bits per heavy atom. The molecule has 148 valence electrons. The minimum atomic E-state index is -0.520. The average molecular weight is 382 g/mol. The Labute approximate surface area is 164 Å². The first-order valence-electron chi connectivity index (χ1n) is 9.21. The molecule has 7 nitrogen and oxygen atoms in total. The van der Waals surface area contributed by atoms with E-state index in [-0.39, 0.29) is 12.0 Å². The van der Waals surface area contributed by atoms with Gasteiger partial charge in [0, 0.05) is 6.20 Å². The minimum Gasteiger partial charge on any atom is -0.485 e. The molecule has 7 heteroatoms. The lowest BCUT2D eigenvalue weighted by Crippen LogP contribution is -2.27. The van der Waals surface area contributed by atoms with Crippen molar-refractivity contribution in [1.29, 1.82) is 0 Å². The Bertz CT molecular complexity index is 945. The minimum absolute atomic E-state index is 0.0126. The van der Waals surface area contributed by atoms with Gasteiger partial charge in [-0.25, -0.2) is 10.5 Å². The first-order chi connectivity index (χ1) is 13.4. The van der Waals surface area contributed by atoms with Gasteiger partial charge in [-0.15, -0.1) is 0 Å². The van der Waals surface area contributed by atoms with Crippen LogP contribution in [0.3, 0.4) is 0 Å². The van der Waals surface area contributed by atoms with E-state index >= 15 is 0 Å². The van der Waals surface area contributed by atoms with E-state index in [9.17, 15) is 4.79 Å². The van der Waals surface area contributed by atoms with Crippen molar-refractivity contribution in [3.63, 3.8) is 0 Å². The summed E-state index contributed by atoms with van der Waals surface area (Å²) in [5.74, 6) is 0.869. The number of ether oxygens (including phenoxy) is 1.